The number of aromatic hydroxyl groups is 2. The zero-order valence-corrected chi connectivity index (χ0v) is 24.9. The monoisotopic (exact) mass is 712 g/mol. The van der Waals surface area contributed by atoms with Crippen LogP contribution in [0.2, 0.25) is 0 Å². The van der Waals surface area contributed by atoms with E-state index in [1.807, 2.05) is 0 Å². The van der Waals surface area contributed by atoms with Gasteiger partial charge in [0.25, 0.3) is 0 Å². The summed E-state index contributed by atoms with van der Waals surface area (Å²) >= 11 is 0. The van der Waals surface area contributed by atoms with Crippen molar-refractivity contribution in [2.24, 2.45) is 0 Å². The van der Waals surface area contributed by atoms with E-state index in [0.717, 1.165) is 6.07 Å². The summed E-state index contributed by atoms with van der Waals surface area (Å²) in [6.07, 6.45) is -17.1. The number of benzene rings is 5. The molecule has 0 heterocycles. The Hall–Kier alpha value is -5.14. The average Bonchev–Trinajstić information content (AvgIpc) is 3.03. The molecule has 0 saturated carbocycles. The third kappa shape index (κ3) is 6.34. The molecule has 0 amide bonds. The Bertz CT molecular complexity index is 2230. The molecule has 0 aliphatic heterocycles. The summed E-state index contributed by atoms with van der Waals surface area (Å²) in [6.45, 7) is 0. The SMILES string of the molecule is Oc1c(-c2cc(C(F)(F)F)cc(C(F)(F)F)c2)cc2c(c1-c1c(O)c(-c3cc(C(F)(F)F)cc(C(F)(F)F)c3)cc3ccccc13)=CCCC=2. The first-order chi connectivity index (χ1) is 23.1. The highest BCUT2D eigenvalue weighted by Crippen LogP contribution is 2.49. The van der Waals surface area contributed by atoms with Crippen LogP contribution in [0.1, 0.15) is 35.1 Å². The number of hydrogen-bond acceptors (Lipinski definition) is 2. The molecule has 5 aromatic rings. The van der Waals surface area contributed by atoms with Gasteiger partial charge < -0.3 is 10.2 Å². The molecule has 260 valence electrons. The maximum Gasteiger partial charge on any atom is 0.416 e. The number of rotatable bonds is 3. The van der Waals surface area contributed by atoms with Gasteiger partial charge >= 0.3 is 24.7 Å². The van der Waals surface area contributed by atoms with Crippen LogP contribution in [-0.4, -0.2) is 10.2 Å². The minimum absolute atomic E-state index is 0.0904. The Labute approximate surface area is 273 Å². The number of alkyl halides is 12. The predicted octanol–water partition coefficient (Wildman–Crippen LogP) is 10.7. The summed E-state index contributed by atoms with van der Waals surface area (Å²) in [4.78, 5) is 0. The van der Waals surface area contributed by atoms with E-state index in [2.05, 4.69) is 0 Å². The molecular formula is C36H20F12O2. The summed E-state index contributed by atoms with van der Waals surface area (Å²) < 4.78 is 165. The van der Waals surface area contributed by atoms with E-state index in [1.165, 1.54) is 30.3 Å². The molecule has 5 aromatic carbocycles. The lowest BCUT2D eigenvalue weighted by Gasteiger charge is -2.21. The second-order valence-electron chi connectivity index (χ2n) is 11.6. The van der Waals surface area contributed by atoms with E-state index in [1.54, 1.807) is 12.2 Å². The van der Waals surface area contributed by atoms with E-state index in [9.17, 15) is 62.9 Å². The normalized spacial score (nSPS) is 13.9. The molecule has 0 spiro atoms. The third-order valence-corrected chi connectivity index (χ3v) is 8.32. The first kappa shape index (κ1) is 34.7. The first-order valence-electron chi connectivity index (χ1n) is 14.6. The van der Waals surface area contributed by atoms with Gasteiger partial charge in [0, 0.05) is 22.3 Å². The molecule has 14 heteroatoms. The van der Waals surface area contributed by atoms with Crippen molar-refractivity contribution < 1.29 is 62.9 Å². The molecule has 0 unspecified atom stereocenters. The number of hydrogen-bond donors (Lipinski definition) is 2. The van der Waals surface area contributed by atoms with Gasteiger partial charge in [0.1, 0.15) is 11.5 Å². The fourth-order valence-electron chi connectivity index (χ4n) is 6.07. The van der Waals surface area contributed by atoms with Gasteiger partial charge in [0.2, 0.25) is 0 Å². The standard InChI is InChI=1S/C36H20F12O2/c37-33(38,39)21-9-19(10-22(15-21)34(40,41)42)27-13-17-5-1-3-7-25(17)29(31(27)49)30-26-8-4-2-6-18(26)14-28(32(30)50)20-11-23(35(43,44)45)16-24(12-20)36(46,47)48/h1,3,5-16,49-50H,2,4H2. The van der Waals surface area contributed by atoms with Crippen LogP contribution in [0.3, 0.4) is 0 Å². The minimum atomic E-state index is -5.23. The predicted molar refractivity (Wildman–Crippen MR) is 161 cm³/mol. The molecule has 50 heavy (non-hydrogen) atoms. The van der Waals surface area contributed by atoms with Crippen LogP contribution < -0.4 is 10.4 Å². The quantitative estimate of drug-likeness (QED) is 0.183. The van der Waals surface area contributed by atoms with Gasteiger partial charge in [-0.2, -0.15) is 52.7 Å². The fourth-order valence-corrected chi connectivity index (χ4v) is 6.07. The maximum atomic E-state index is 13.8. The van der Waals surface area contributed by atoms with Crippen molar-refractivity contribution >= 4 is 22.9 Å². The van der Waals surface area contributed by atoms with Crippen LogP contribution in [-0.2, 0) is 24.7 Å². The molecular weight excluding hydrogens is 692 g/mol. The molecule has 0 bridgehead atoms. The van der Waals surface area contributed by atoms with Crippen LogP contribution >= 0.6 is 0 Å². The topological polar surface area (TPSA) is 40.5 Å². The lowest BCUT2D eigenvalue weighted by atomic mass is 9.86. The number of halogens is 12. The molecule has 2 nitrogen and oxygen atoms in total. The van der Waals surface area contributed by atoms with E-state index in [-0.39, 0.29) is 44.5 Å². The highest BCUT2D eigenvalue weighted by Gasteiger charge is 2.39. The van der Waals surface area contributed by atoms with Gasteiger partial charge in [-0.3, -0.25) is 0 Å². The molecule has 0 radical (unpaired) electrons. The number of phenolic OH excluding ortho intramolecular Hbond substituents is 2. The van der Waals surface area contributed by atoms with Crippen molar-refractivity contribution in [1.82, 2.24) is 0 Å². The second kappa shape index (κ2) is 11.7. The van der Waals surface area contributed by atoms with Crippen LogP contribution in [0.25, 0.3) is 56.3 Å². The molecule has 0 fully saturated rings. The van der Waals surface area contributed by atoms with Gasteiger partial charge in [0.15, 0.2) is 0 Å². The fraction of sp³-hybridized carbons (Fsp3) is 0.167. The Morgan fingerprint density at radius 3 is 1.36 bits per heavy atom. The number of phenols is 2. The van der Waals surface area contributed by atoms with E-state index in [0.29, 0.717) is 37.1 Å². The van der Waals surface area contributed by atoms with Gasteiger partial charge in [-0.15, -0.1) is 0 Å². The van der Waals surface area contributed by atoms with Crippen LogP contribution in [0.4, 0.5) is 52.7 Å². The summed E-state index contributed by atoms with van der Waals surface area (Å²) in [5.41, 5.74) is -9.75. The first-order valence-corrected chi connectivity index (χ1v) is 14.6. The van der Waals surface area contributed by atoms with Crippen molar-refractivity contribution in [3.63, 3.8) is 0 Å². The number of fused-ring (bicyclic) bond motifs is 2. The average molecular weight is 713 g/mol. The van der Waals surface area contributed by atoms with Crippen LogP contribution in [0, 0.1) is 0 Å². The van der Waals surface area contributed by atoms with Crippen molar-refractivity contribution in [1.29, 1.82) is 0 Å². The molecule has 1 aliphatic carbocycles. The Kier molecular flexibility index (Phi) is 8.15. The van der Waals surface area contributed by atoms with Gasteiger partial charge in [-0.1, -0.05) is 36.4 Å². The third-order valence-electron chi connectivity index (χ3n) is 8.32. The summed E-state index contributed by atoms with van der Waals surface area (Å²) in [5, 5.41) is 24.2. The Morgan fingerprint density at radius 2 is 0.880 bits per heavy atom. The van der Waals surface area contributed by atoms with Gasteiger partial charge in [-0.25, -0.2) is 0 Å². The highest BCUT2D eigenvalue weighted by molar-refractivity contribution is 6.06. The van der Waals surface area contributed by atoms with Crippen molar-refractivity contribution in [3.8, 4) is 44.9 Å². The molecule has 0 atom stereocenters. The second-order valence-corrected chi connectivity index (χ2v) is 11.6. The van der Waals surface area contributed by atoms with Crippen molar-refractivity contribution in [3.05, 3.63) is 105 Å². The van der Waals surface area contributed by atoms with Gasteiger partial charge in [0.05, 0.1) is 22.3 Å². The van der Waals surface area contributed by atoms with Gasteiger partial charge in [-0.05, 0) is 93.7 Å². The zero-order valence-electron chi connectivity index (χ0n) is 24.9. The molecule has 0 aromatic heterocycles. The highest BCUT2D eigenvalue weighted by atomic mass is 19.4. The largest absolute Gasteiger partial charge is 0.507 e. The smallest absolute Gasteiger partial charge is 0.416 e. The molecule has 2 N–H and O–H groups in total. The van der Waals surface area contributed by atoms with E-state index in [4.69, 9.17) is 0 Å². The zero-order chi connectivity index (χ0) is 36.6. The van der Waals surface area contributed by atoms with Crippen LogP contribution in [0.5, 0.6) is 11.5 Å². The Morgan fingerprint density at radius 1 is 0.460 bits per heavy atom. The molecule has 0 saturated heterocycles. The lowest BCUT2D eigenvalue weighted by Crippen LogP contribution is -2.29. The van der Waals surface area contributed by atoms with E-state index < -0.39 is 80.7 Å². The Balaban J connectivity index is 1.74. The van der Waals surface area contributed by atoms with Crippen molar-refractivity contribution in [2.45, 2.75) is 37.5 Å². The van der Waals surface area contributed by atoms with Crippen molar-refractivity contribution in [2.75, 3.05) is 0 Å². The van der Waals surface area contributed by atoms with E-state index >= 15 is 0 Å². The van der Waals surface area contributed by atoms with Crippen LogP contribution in [0.15, 0.2) is 72.8 Å². The molecule has 1 aliphatic rings. The minimum Gasteiger partial charge on any atom is -0.507 e. The summed E-state index contributed by atoms with van der Waals surface area (Å²) in [6, 6.07) is 9.52. The summed E-state index contributed by atoms with van der Waals surface area (Å²) in [7, 11) is 0. The lowest BCUT2D eigenvalue weighted by molar-refractivity contribution is -0.144. The summed E-state index contributed by atoms with van der Waals surface area (Å²) in [5.74, 6) is -1.79. The molecule has 6 rings (SSSR count). The maximum absolute atomic E-state index is 13.8.